The molecule has 1 aromatic rings. The van der Waals surface area contributed by atoms with Gasteiger partial charge in [-0.15, -0.1) is 10.2 Å². The van der Waals surface area contributed by atoms with Crippen LogP contribution < -0.4 is 4.90 Å². The lowest BCUT2D eigenvalue weighted by Crippen LogP contribution is -2.35. The highest BCUT2D eigenvalue weighted by atomic mass is 35.5. The Bertz CT molecular complexity index is 419. The number of aromatic nitrogens is 2. The maximum atomic E-state index is 6.01. The number of halogens is 1. The zero-order chi connectivity index (χ0) is 12.6. The Morgan fingerprint density at radius 3 is 2.59 bits per heavy atom. The number of anilines is 1. The van der Waals surface area contributed by atoms with Crippen LogP contribution in [-0.4, -0.2) is 22.3 Å². The lowest BCUT2D eigenvalue weighted by atomic mass is 10.1. The molecule has 3 nitrogen and oxygen atoms in total. The molecule has 4 heteroatoms. The predicted molar refractivity (Wildman–Crippen MR) is 71.8 cm³/mol. The molecule has 0 spiro atoms. The molecule has 0 radical (unpaired) electrons. The van der Waals surface area contributed by atoms with Gasteiger partial charge in [0.2, 0.25) is 0 Å². The molecule has 0 amide bonds. The molecule has 0 saturated carbocycles. The molecule has 1 aromatic heterocycles. The third kappa shape index (κ3) is 2.13. The van der Waals surface area contributed by atoms with Gasteiger partial charge in [0.1, 0.15) is 0 Å². The van der Waals surface area contributed by atoms with E-state index in [1.165, 1.54) is 12.8 Å². The van der Waals surface area contributed by atoms with E-state index >= 15 is 0 Å². The van der Waals surface area contributed by atoms with Crippen molar-refractivity contribution in [3.63, 3.8) is 0 Å². The van der Waals surface area contributed by atoms with Crippen LogP contribution in [0.4, 0.5) is 5.82 Å². The molecule has 2 atom stereocenters. The van der Waals surface area contributed by atoms with Crippen molar-refractivity contribution in [2.75, 3.05) is 4.90 Å². The van der Waals surface area contributed by atoms with E-state index in [1.807, 2.05) is 6.92 Å². The van der Waals surface area contributed by atoms with Gasteiger partial charge >= 0.3 is 0 Å². The predicted octanol–water partition coefficient (Wildman–Crippen LogP) is 3.51. The van der Waals surface area contributed by atoms with E-state index in [0.29, 0.717) is 17.2 Å². The Morgan fingerprint density at radius 2 is 1.94 bits per heavy atom. The largest absolute Gasteiger partial charge is 0.349 e. The molecule has 0 aliphatic carbocycles. The van der Waals surface area contributed by atoms with Crippen molar-refractivity contribution < 1.29 is 0 Å². The quantitative estimate of drug-likeness (QED) is 0.808. The van der Waals surface area contributed by atoms with Crippen LogP contribution in [0.5, 0.6) is 0 Å². The van der Waals surface area contributed by atoms with E-state index < -0.39 is 0 Å². The molecular weight excluding hydrogens is 234 g/mol. The monoisotopic (exact) mass is 253 g/mol. The summed E-state index contributed by atoms with van der Waals surface area (Å²) in [6, 6.07) is 1.15. The minimum atomic E-state index is 0.520. The Hall–Kier alpha value is -0.830. The number of rotatable bonds is 2. The van der Waals surface area contributed by atoms with Gasteiger partial charge in [-0.1, -0.05) is 18.5 Å². The molecule has 2 unspecified atom stereocenters. The summed E-state index contributed by atoms with van der Waals surface area (Å²) in [7, 11) is 0. The van der Waals surface area contributed by atoms with Gasteiger partial charge in [-0.3, -0.25) is 0 Å². The smallest absolute Gasteiger partial charge is 0.155 e. The van der Waals surface area contributed by atoms with E-state index in [4.69, 9.17) is 11.6 Å². The van der Waals surface area contributed by atoms with Gasteiger partial charge in [0.05, 0.1) is 0 Å². The van der Waals surface area contributed by atoms with Gasteiger partial charge in [0, 0.05) is 12.1 Å². The van der Waals surface area contributed by atoms with Crippen molar-refractivity contribution in [1.82, 2.24) is 10.2 Å². The first-order chi connectivity index (χ1) is 8.06. The second-order valence-corrected chi connectivity index (χ2v) is 5.32. The van der Waals surface area contributed by atoms with Gasteiger partial charge in [-0.05, 0) is 51.2 Å². The minimum Gasteiger partial charge on any atom is -0.349 e. The summed E-state index contributed by atoms with van der Waals surface area (Å²) in [5.74, 6) is 1.02. The topological polar surface area (TPSA) is 29.0 Å². The lowest BCUT2D eigenvalue weighted by Gasteiger charge is -2.30. The van der Waals surface area contributed by atoms with Crippen molar-refractivity contribution in [1.29, 1.82) is 0 Å². The minimum absolute atomic E-state index is 0.520. The Morgan fingerprint density at radius 1 is 1.24 bits per heavy atom. The van der Waals surface area contributed by atoms with E-state index in [9.17, 15) is 0 Å². The van der Waals surface area contributed by atoms with Crippen LogP contribution in [0, 0.1) is 13.8 Å². The Kier molecular flexibility index (Phi) is 3.57. The fourth-order valence-corrected chi connectivity index (χ4v) is 2.84. The summed E-state index contributed by atoms with van der Waals surface area (Å²) in [4.78, 5) is 2.42. The molecule has 17 heavy (non-hydrogen) atoms. The molecule has 0 aromatic carbocycles. The van der Waals surface area contributed by atoms with E-state index in [-0.39, 0.29) is 0 Å². The number of hydrogen-bond donors (Lipinski definition) is 0. The molecule has 0 N–H and O–H groups in total. The number of nitrogens with zero attached hydrogens (tertiary/aromatic N) is 3. The summed E-state index contributed by atoms with van der Waals surface area (Å²) >= 11 is 6.01. The van der Waals surface area contributed by atoms with Gasteiger partial charge in [0.15, 0.2) is 11.0 Å². The molecule has 1 aliphatic rings. The van der Waals surface area contributed by atoms with Gasteiger partial charge in [-0.25, -0.2) is 0 Å². The van der Waals surface area contributed by atoms with Crippen LogP contribution in [0.3, 0.4) is 0 Å². The summed E-state index contributed by atoms with van der Waals surface area (Å²) in [5.41, 5.74) is 2.21. The highest BCUT2D eigenvalue weighted by molar-refractivity contribution is 6.30. The second-order valence-electron chi connectivity index (χ2n) is 4.96. The molecule has 2 rings (SSSR count). The fourth-order valence-electron chi connectivity index (χ4n) is 2.66. The molecule has 94 valence electrons. The first-order valence-corrected chi connectivity index (χ1v) is 6.71. The van der Waals surface area contributed by atoms with Gasteiger partial charge < -0.3 is 4.90 Å². The maximum absolute atomic E-state index is 6.01. The standard InChI is InChI=1S/C13H20ClN3/c1-5-11-7-6-8(2)17(11)13-10(4)9(3)12(14)15-16-13/h8,11H,5-7H2,1-4H3. The molecule has 1 saturated heterocycles. The second kappa shape index (κ2) is 4.81. The van der Waals surface area contributed by atoms with Crippen molar-refractivity contribution in [2.45, 2.75) is 59.0 Å². The normalized spacial score (nSPS) is 24.4. The fraction of sp³-hybridized carbons (Fsp3) is 0.692. The lowest BCUT2D eigenvalue weighted by molar-refractivity contribution is 0.614. The SMILES string of the molecule is CCC1CCC(C)N1c1nnc(Cl)c(C)c1C. The van der Waals surface area contributed by atoms with Crippen LogP contribution in [0.2, 0.25) is 5.15 Å². The van der Waals surface area contributed by atoms with Crippen molar-refractivity contribution in [3.05, 3.63) is 16.3 Å². The molecule has 1 aliphatic heterocycles. The summed E-state index contributed by atoms with van der Waals surface area (Å²) < 4.78 is 0. The average Bonchev–Trinajstić information content (AvgIpc) is 2.68. The van der Waals surface area contributed by atoms with Crippen LogP contribution in [0.1, 0.15) is 44.2 Å². The highest BCUT2D eigenvalue weighted by Crippen LogP contribution is 2.34. The van der Waals surface area contributed by atoms with Gasteiger partial charge in [0.25, 0.3) is 0 Å². The van der Waals surface area contributed by atoms with E-state index in [0.717, 1.165) is 23.4 Å². The highest BCUT2D eigenvalue weighted by Gasteiger charge is 2.31. The average molecular weight is 254 g/mol. The van der Waals surface area contributed by atoms with Crippen LogP contribution >= 0.6 is 11.6 Å². The third-order valence-corrected chi connectivity index (χ3v) is 4.30. The zero-order valence-corrected chi connectivity index (χ0v) is 11.8. The summed E-state index contributed by atoms with van der Waals surface area (Å²) in [5, 5.41) is 8.89. The van der Waals surface area contributed by atoms with E-state index in [1.54, 1.807) is 0 Å². The molecular formula is C13H20ClN3. The maximum Gasteiger partial charge on any atom is 0.155 e. The van der Waals surface area contributed by atoms with Crippen LogP contribution in [0.25, 0.3) is 0 Å². The van der Waals surface area contributed by atoms with E-state index in [2.05, 4.69) is 35.9 Å². The third-order valence-electron chi connectivity index (χ3n) is 3.94. The van der Waals surface area contributed by atoms with Crippen LogP contribution in [0.15, 0.2) is 0 Å². The summed E-state index contributed by atoms with van der Waals surface area (Å²) in [6.07, 6.45) is 3.65. The van der Waals surface area contributed by atoms with Crippen LogP contribution in [-0.2, 0) is 0 Å². The van der Waals surface area contributed by atoms with Gasteiger partial charge in [-0.2, -0.15) is 0 Å². The first kappa shape index (κ1) is 12.6. The first-order valence-electron chi connectivity index (χ1n) is 6.34. The van der Waals surface area contributed by atoms with Crippen molar-refractivity contribution >= 4 is 17.4 Å². The molecule has 2 heterocycles. The number of hydrogen-bond acceptors (Lipinski definition) is 3. The molecule has 0 bridgehead atoms. The Balaban J connectivity index is 2.42. The molecule has 1 fully saturated rings. The van der Waals surface area contributed by atoms with Crippen molar-refractivity contribution in [2.24, 2.45) is 0 Å². The van der Waals surface area contributed by atoms with Crippen molar-refractivity contribution in [3.8, 4) is 0 Å². The summed E-state index contributed by atoms with van der Waals surface area (Å²) in [6.45, 7) is 8.60. The Labute approximate surface area is 108 Å². The zero-order valence-electron chi connectivity index (χ0n) is 11.0.